The van der Waals surface area contributed by atoms with Crippen molar-refractivity contribution in [3.8, 4) is 5.75 Å². The Morgan fingerprint density at radius 2 is 1.92 bits per heavy atom. The molecule has 0 aliphatic carbocycles. The van der Waals surface area contributed by atoms with E-state index in [1.54, 1.807) is 31.4 Å². The van der Waals surface area contributed by atoms with E-state index >= 15 is 0 Å². The number of halogens is 1. The molecule has 1 aliphatic rings. The van der Waals surface area contributed by atoms with Gasteiger partial charge < -0.3 is 20.3 Å². The zero-order valence-corrected chi connectivity index (χ0v) is 16.8. The molecule has 1 aliphatic heterocycles. The van der Waals surface area contributed by atoms with Gasteiger partial charge in [-0.3, -0.25) is 9.59 Å². The van der Waals surface area contributed by atoms with E-state index in [0.29, 0.717) is 17.2 Å². The maximum absolute atomic E-state index is 12.9. The van der Waals surface area contributed by atoms with Gasteiger partial charge in [-0.15, -0.1) is 12.4 Å². The van der Waals surface area contributed by atoms with Crippen LogP contribution in [0.2, 0.25) is 0 Å². The van der Waals surface area contributed by atoms with Crippen molar-refractivity contribution < 1.29 is 14.3 Å². The molecule has 1 fully saturated rings. The molecule has 2 amide bonds. The molecule has 7 heteroatoms. The standard InChI is InChI=1S/C19H29N3O3.ClH/c1-13(2)17(19(24)22-10-9-14(12-22)11-20-3)21-18(23)15-5-7-16(25-4)8-6-15;/h5-8,13-14,17,20H,9-12H2,1-4H3,(H,21,23);1H. The summed E-state index contributed by atoms with van der Waals surface area (Å²) in [5.41, 5.74) is 0.522. The fourth-order valence-electron chi connectivity index (χ4n) is 3.17. The van der Waals surface area contributed by atoms with Crippen LogP contribution < -0.4 is 15.4 Å². The number of likely N-dealkylation sites (tertiary alicyclic amines) is 1. The van der Waals surface area contributed by atoms with E-state index in [2.05, 4.69) is 10.6 Å². The summed E-state index contributed by atoms with van der Waals surface area (Å²) < 4.78 is 5.11. The number of methoxy groups -OCH3 is 1. The monoisotopic (exact) mass is 383 g/mol. The third-order valence-corrected chi connectivity index (χ3v) is 4.66. The fourth-order valence-corrected chi connectivity index (χ4v) is 3.17. The van der Waals surface area contributed by atoms with Gasteiger partial charge in [0.1, 0.15) is 11.8 Å². The molecule has 0 radical (unpaired) electrons. The number of rotatable bonds is 7. The maximum atomic E-state index is 12.9. The Labute approximate surface area is 162 Å². The Hall–Kier alpha value is -1.79. The van der Waals surface area contributed by atoms with Crippen LogP contribution in [0, 0.1) is 11.8 Å². The average molecular weight is 384 g/mol. The van der Waals surface area contributed by atoms with E-state index in [0.717, 1.165) is 26.1 Å². The lowest BCUT2D eigenvalue weighted by Gasteiger charge is -2.27. The summed E-state index contributed by atoms with van der Waals surface area (Å²) in [7, 11) is 3.51. The molecule has 1 heterocycles. The Balaban J connectivity index is 0.00000338. The van der Waals surface area contributed by atoms with Crippen molar-refractivity contribution in [2.24, 2.45) is 11.8 Å². The second-order valence-electron chi connectivity index (χ2n) is 6.92. The molecular formula is C19H30ClN3O3. The molecule has 1 saturated heterocycles. The smallest absolute Gasteiger partial charge is 0.251 e. The normalized spacial score (nSPS) is 17.6. The van der Waals surface area contributed by atoms with E-state index in [4.69, 9.17) is 4.74 Å². The van der Waals surface area contributed by atoms with Crippen LogP contribution in [-0.4, -0.2) is 56.5 Å². The number of carbonyl (C=O) groups excluding carboxylic acids is 2. The molecule has 0 aromatic heterocycles. The predicted octanol–water partition coefficient (Wildman–Crippen LogP) is 1.94. The van der Waals surface area contributed by atoms with Gasteiger partial charge in [0.05, 0.1) is 7.11 Å². The van der Waals surface area contributed by atoms with Gasteiger partial charge in [0, 0.05) is 18.7 Å². The van der Waals surface area contributed by atoms with Crippen molar-refractivity contribution in [2.75, 3.05) is 33.8 Å². The summed E-state index contributed by atoms with van der Waals surface area (Å²) in [5.74, 6) is 0.980. The highest BCUT2D eigenvalue weighted by Crippen LogP contribution is 2.19. The predicted molar refractivity (Wildman–Crippen MR) is 105 cm³/mol. The van der Waals surface area contributed by atoms with Crippen LogP contribution in [0.5, 0.6) is 5.75 Å². The molecule has 0 bridgehead atoms. The van der Waals surface area contributed by atoms with E-state index < -0.39 is 6.04 Å². The minimum atomic E-state index is -0.511. The molecule has 1 aromatic rings. The number of benzene rings is 1. The number of ether oxygens (including phenoxy) is 1. The highest BCUT2D eigenvalue weighted by Gasteiger charge is 2.33. The second kappa shape index (κ2) is 10.4. The summed E-state index contributed by atoms with van der Waals surface area (Å²) >= 11 is 0. The first kappa shape index (κ1) is 22.3. The number of hydrogen-bond acceptors (Lipinski definition) is 4. The Bertz CT molecular complexity index is 592. The Morgan fingerprint density at radius 3 is 2.46 bits per heavy atom. The first-order valence-electron chi connectivity index (χ1n) is 8.84. The van der Waals surface area contributed by atoms with Gasteiger partial charge in [0.15, 0.2) is 0 Å². The molecule has 0 saturated carbocycles. The summed E-state index contributed by atoms with van der Waals surface area (Å²) in [5, 5.41) is 6.07. The lowest BCUT2D eigenvalue weighted by Crippen LogP contribution is -2.50. The topological polar surface area (TPSA) is 70.7 Å². The third kappa shape index (κ3) is 5.61. The number of carbonyl (C=O) groups is 2. The Morgan fingerprint density at radius 1 is 1.27 bits per heavy atom. The van der Waals surface area contributed by atoms with Crippen molar-refractivity contribution in [2.45, 2.75) is 26.3 Å². The molecule has 2 rings (SSSR count). The summed E-state index contributed by atoms with van der Waals surface area (Å²) in [6.07, 6.45) is 1.00. The summed E-state index contributed by atoms with van der Waals surface area (Å²) in [6.45, 7) is 6.33. The molecule has 146 valence electrons. The first-order chi connectivity index (χ1) is 12.0. The summed E-state index contributed by atoms with van der Waals surface area (Å²) in [4.78, 5) is 27.3. The van der Waals surface area contributed by atoms with Crippen LogP contribution in [0.3, 0.4) is 0 Å². The largest absolute Gasteiger partial charge is 0.497 e. The average Bonchev–Trinajstić information content (AvgIpc) is 3.07. The number of nitrogens with one attached hydrogen (secondary N) is 2. The van der Waals surface area contributed by atoms with Gasteiger partial charge in [0.25, 0.3) is 5.91 Å². The fraction of sp³-hybridized carbons (Fsp3) is 0.579. The van der Waals surface area contributed by atoms with Crippen LogP contribution in [0.15, 0.2) is 24.3 Å². The van der Waals surface area contributed by atoms with Crippen LogP contribution >= 0.6 is 12.4 Å². The van der Waals surface area contributed by atoms with Crippen molar-refractivity contribution in [3.63, 3.8) is 0 Å². The second-order valence-corrected chi connectivity index (χ2v) is 6.92. The van der Waals surface area contributed by atoms with Crippen molar-refractivity contribution in [1.29, 1.82) is 0 Å². The highest BCUT2D eigenvalue weighted by atomic mass is 35.5. The van der Waals surface area contributed by atoms with Crippen molar-refractivity contribution in [3.05, 3.63) is 29.8 Å². The zero-order valence-electron chi connectivity index (χ0n) is 16.0. The van der Waals surface area contributed by atoms with Gasteiger partial charge in [-0.2, -0.15) is 0 Å². The van der Waals surface area contributed by atoms with Crippen molar-refractivity contribution >= 4 is 24.2 Å². The highest BCUT2D eigenvalue weighted by molar-refractivity contribution is 5.97. The van der Waals surface area contributed by atoms with Gasteiger partial charge in [-0.05, 0) is 56.1 Å². The van der Waals surface area contributed by atoms with Gasteiger partial charge in [-0.1, -0.05) is 13.8 Å². The molecule has 0 spiro atoms. The third-order valence-electron chi connectivity index (χ3n) is 4.66. The number of amides is 2. The van der Waals surface area contributed by atoms with Crippen LogP contribution in [0.1, 0.15) is 30.6 Å². The van der Waals surface area contributed by atoms with Gasteiger partial charge >= 0.3 is 0 Å². The van der Waals surface area contributed by atoms with E-state index in [1.807, 2.05) is 25.8 Å². The molecule has 1 aromatic carbocycles. The number of hydrogen-bond donors (Lipinski definition) is 2. The molecule has 2 unspecified atom stereocenters. The molecule has 26 heavy (non-hydrogen) atoms. The lowest BCUT2D eigenvalue weighted by atomic mass is 10.0. The van der Waals surface area contributed by atoms with Crippen LogP contribution in [-0.2, 0) is 4.79 Å². The van der Waals surface area contributed by atoms with E-state index in [9.17, 15) is 9.59 Å². The van der Waals surface area contributed by atoms with Crippen molar-refractivity contribution in [1.82, 2.24) is 15.5 Å². The SMILES string of the molecule is CNCC1CCN(C(=O)C(NC(=O)c2ccc(OC)cc2)C(C)C)C1.Cl. The summed E-state index contributed by atoms with van der Waals surface area (Å²) in [6, 6.07) is 6.38. The molecule has 6 nitrogen and oxygen atoms in total. The molecular weight excluding hydrogens is 354 g/mol. The van der Waals surface area contributed by atoms with Crippen LogP contribution in [0.25, 0.3) is 0 Å². The van der Waals surface area contributed by atoms with Gasteiger partial charge in [0.2, 0.25) is 5.91 Å². The van der Waals surface area contributed by atoms with E-state index in [-0.39, 0.29) is 30.1 Å². The quantitative estimate of drug-likeness (QED) is 0.754. The zero-order chi connectivity index (χ0) is 18.4. The minimum absolute atomic E-state index is 0. The maximum Gasteiger partial charge on any atom is 0.251 e. The first-order valence-corrected chi connectivity index (χ1v) is 8.84. The van der Waals surface area contributed by atoms with E-state index in [1.165, 1.54) is 0 Å². The molecule has 2 N–H and O–H groups in total. The number of nitrogens with zero attached hydrogens (tertiary/aromatic N) is 1. The Kier molecular flexibility index (Phi) is 8.88. The molecule has 2 atom stereocenters. The van der Waals surface area contributed by atoms with Crippen LogP contribution in [0.4, 0.5) is 0 Å². The van der Waals surface area contributed by atoms with Gasteiger partial charge in [-0.25, -0.2) is 0 Å². The minimum Gasteiger partial charge on any atom is -0.497 e. The lowest BCUT2D eigenvalue weighted by molar-refractivity contribution is -0.133.